The van der Waals surface area contributed by atoms with Gasteiger partial charge in [-0.3, -0.25) is 0 Å². The van der Waals surface area contributed by atoms with Crippen molar-refractivity contribution in [1.29, 1.82) is 0 Å². The SMILES string of the molecule is CCc1cc(N2CCNC[C@H]2C)ncn1. The van der Waals surface area contributed by atoms with E-state index in [0.29, 0.717) is 6.04 Å². The molecule has 0 saturated carbocycles. The Hall–Kier alpha value is -1.16. The van der Waals surface area contributed by atoms with Gasteiger partial charge in [0.25, 0.3) is 0 Å². The van der Waals surface area contributed by atoms with Gasteiger partial charge in [0.2, 0.25) is 0 Å². The Balaban J connectivity index is 2.19. The van der Waals surface area contributed by atoms with Gasteiger partial charge in [-0.15, -0.1) is 0 Å². The Bertz CT molecular complexity index is 326. The second-order valence-corrected chi connectivity index (χ2v) is 3.97. The van der Waals surface area contributed by atoms with E-state index in [0.717, 1.165) is 37.6 Å². The molecule has 15 heavy (non-hydrogen) atoms. The first kappa shape index (κ1) is 10.4. The minimum atomic E-state index is 0.512. The van der Waals surface area contributed by atoms with E-state index < -0.39 is 0 Å². The Morgan fingerprint density at radius 1 is 1.53 bits per heavy atom. The molecule has 0 radical (unpaired) electrons. The summed E-state index contributed by atoms with van der Waals surface area (Å²) in [7, 11) is 0. The van der Waals surface area contributed by atoms with Gasteiger partial charge < -0.3 is 10.2 Å². The fraction of sp³-hybridized carbons (Fsp3) is 0.636. The molecule has 1 aromatic rings. The largest absolute Gasteiger partial charge is 0.351 e. The summed E-state index contributed by atoms with van der Waals surface area (Å²) >= 11 is 0. The molecule has 0 aromatic carbocycles. The quantitative estimate of drug-likeness (QED) is 0.778. The summed E-state index contributed by atoms with van der Waals surface area (Å²) < 4.78 is 0. The summed E-state index contributed by atoms with van der Waals surface area (Å²) in [5.74, 6) is 1.07. The van der Waals surface area contributed by atoms with Crippen LogP contribution in [0, 0.1) is 0 Å². The van der Waals surface area contributed by atoms with Crippen LogP contribution in [0.25, 0.3) is 0 Å². The summed E-state index contributed by atoms with van der Waals surface area (Å²) in [6.07, 6.45) is 2.64. The van der Waals surface area contributed by atoms with E-state index in [1.54, 1.807) is 6.33 Å². The van der Waals surface area contributed by atoms with Crippen LogP contribution in [0.5, 0.6) is 0 Å². The molecule has 1 aromatic heterocycles. The third-order valence-electron chi connectivity index (χ3n) is 2.87. The van der Waals surface area contributed by atoms with Gasteiger partial charge in [-0.25, -0.2) is 9.97 Å². The average Bonchev–Trinajstić information content (AvgIpc) is 2.30. The molecule has 1 saturated heterocycles. The fourth-order valence-corrected chi connectivity index (χ4v) is 1.92. The molecule has 4 nitrogen and oxygen atoms in total. The van der Waals surface area contributed by atoms with Crippen LogP contribution in [0.4, 0.5) is 5.82 Å². The number of nitrogens with zero attached hydrogens (tertiary/aromatic N) is 3. The molecule has 1 fully saturated rings. The van der Waals surface area contributed by atoms with Crippen LogP contribution >= 0.6 is 0 Å². The number of aromatic nitrogens is 2. The predicted molar refractivity (Wildman–Crippen MR) is 61.1 cm³/mol. The van der Waals surface area contributed by atoms with E-state index in [2.05, 4.69) is 40.1 Å². The predicted octanol–water partition coefficient (Wildman–Crippen LogP) is 0.837. The maximum atomic E-state index is 4.35. The summed E-state index contributed by atoms with van der Waals surface area (Å²) in [5, 5.41) is 3.38. The Kier molecular flexibility index (Phi) is 3.16. The maximum absolute atomic E-state index is 4.35. The molecule has 82 valence electrons. The van der Waals surface area contributed by atoms with E-state index in [1.165, 1.54) is 0 Å². The number of anilines is 1. The number of aryl methyl sites for hydroxylation is 1. The highest BCUT2D eigenvalue weighted by atomic mass is 15.3. The van der Waals surface area contributed by atoms with E-state index in [4.69, 9.17) is 0 Å². The van der Waals surface area contributed by atoms with Crippen molar-refractivity contribution >= 4 is 5.82 Å². The minimum absolute atomic E-state index is 0.512. The van der Waals surface area contributed by atoms with Crippen LogP contribution in [0.3, 0.4) is 0 Å². The van der Waals surface area contributed by atoms with Crippen LogP contribution in [-0.4, -0.2) is 35.6 Å². The zero-order valence-corrected chi connectivity index (χ0v) is 9.40. The van der Waals surface area contributed by atoms with Crippen LogP contribution in [0.1, 0.15) is 19.5 Å². The molecule has 0 amide bonds. The van der Waals surface area contributed by atoms with Crippen LogP contribution in [0.15, 0.2) is 12.4 Å². The smallest absolute Gasteiger partial charge is 0.132 e. The molecule has 1 N–H and O–H groups in total. The van der Waals surface area contributed by atoms with Gasteiger partial charge in [-0.2, -0.15) is 0 Å². The lowest BCUT2D eigenvalue weighted by molar-refractivity contribution is 0.496. The fourth-order valence-electron chi connectivity index (χ4n) is 1.92. The lowest BCUT2D eigenvalue weighted by atomic mass is 10.2. The van der Waals surface area contributed by atoms with Gasteiger partial charge in [-0.1, -0.05) is 6.92 Å². The van der Waals surface area contributed by atoms with E-state index in [-0.39, 0.29) is 0 Å². The van der Waals surface area contributed by atoms with Crippen LogP contribution in [0.2, 0.25) is 0 Å². The second-order valence-electron chi connectivity index (χ2n) is 3.97. The van der Waals surface area contributed by atoms with Gasteiger partial charge in [0.05, 0.1) is 0 Å². The van der Waals surface area contributed by atoms with Crippen molar-refractivity contribution in [3.8, 4) is 0 Å². The van der Waals surface area contributed by atoms with Crippen molar-refractivity contribution in [2.75, 3.05) is 24.5 Å². The zero-order chi connectivity index (χ0) is 10.7. The molecular weight excluding hydrogens is 188 g/mol. The number of piperazine rings is 1. The van der Waals surface area contributed by atoms with Crippen molar-refractivity contribution in [1.82, 2.24) is 15.3 Å². The van der Waals surface area contributed by atoms with Gasteiger partial charge in [0.1, 0.15) is 12.1 Å². The first-order chi connectivity index (χ1) is 7.31. The minimum Gasteiger partial charge on any atom is -0.351 e. The molecule has 1 aliphatic heterocycles. The molecule has 4 heteroatoms. The summed E-state index contributed by atoms with van der Waals surface area (Å²) in [6, 6.07) is 2.61. The first-order valence-corrected chi connectivity index (χ1v) is 5.59. The third-order valence-corrected chi connectivity index (χ3v) is 2.87. The molecule has 2 heterocycles. The van der Waals surface area contributed by atoms with Crippen molar-refractivity contribution in [3.63, 3.8) is 0 Å². The van der Waals surface area contributed by atoms with Crippen molar-refractivity contribution < 1.29 is 0 Å². The van der Waals surface area contributed by atoms with Crippen molar-refractivity contribution in [2.24, 2.45) is 0 Å². The van der Waals surface area contributed by atoms with E-state index in [9.17, 15) is 0 Å². The molecule has 0 aliphatic carbocycles. The molecule has 1 atom stereocenters. The molecular formula is C11H18N4. The number of hydrogen-bond donors (Lipinski definition) is 1. The van der Waals surface area contributed by atoms with Gasteiger partial charge in [-0.05, 0) is 13.3 Å². The summed E-state index contributed by atoms with van der Waals surface area (Å²) in [4.78, 5) is 10.9. The van der Waals surface area contributed by atoms with Crippen molar-refractivity contribution in [3.05, 3.63) is 18.1 Å². The molecule has 2 rings (SSSR count). The highest BCUT2D eigenvalue weighted by molar-refractivity contribution is 5.40. The Labute approximate surface area is 90.7 Å². The van der Waals surface area contributed by atoms with Crippen LogP contribution in [-0.2, 0) is 6.42 Å². The molecule has 1 aliphatic rings. The summed E-state index contributed by atoms with van der Waals surface area (Å²) in [6.45, 7) is 7.44. The highest BCUT2D eigenvalue weighted by Crippen LogP contribution is 2.15. The molecule has 0 unspecified atom stereocenters. The monoisotopic (exact) mass is 206 g/mol. The number of hydrogen-bond acceptors (Lipinski definition) is 4. The topological polar surface area (TPSA) is 41.0 Å². The Morgan fingerprint density at radius 2 is 2.40 bits per heavy atom. The van der Waals surface area contributed by atoms with Gasteiger partial charge in [0.15, 0.2) is 0 Å². The molecule has 0 spiro atoms. The van der Waals surface area contributed by atoms with Gasteiger partial charge in [0, 0.05) is 37.4 Å². The van der Waals surface area contributed by atoms with E-state index >= 15 is 0 Å². The zero-order valence-electron chi connectivity index (χ0n) is 9.40. The molecule has 0 bridgehead atoms. The average molecular weight is 206 g/mol. The van der Waals surface area contributed by atoms with E-state index in [1.807, 2.05) is 0 Å². The number of rotatable bonds is 2. The Morgan fingerprint density at radius 3 is 3.13 bits per heavy atom. The second kappa shape index (κ2) is 4.57. The summed E-state index contributed by atoms with van der Waals surface area (Å²) in [5.41, 5.74) is 1.12. The first-order valence-electron chi connectivity index (χ1n) is 5.59. The standard InChI is InChI=1S/C11H18N4/c1-3-10-6-11(14-8-13-10)15-5-4-12-7-9(15)2/h6,8-9,12H,3-5,7H2,1-2H3/t9-/m1/s1. The maximum Gasteiger partial charge on any atom is 0.132 e. The third kappa shape index (κ3) is 2.26. The normalized spacial score (nSPS) is 21.7. The number of nitrogens with one attached hydrogen (secondary N) is 1. The van der Waals surface area contributed by atoms with Gasteiger partial charge >= 0.3 is 0 Å². The lowest BCUT2D eigenvalue weighted by Crippen LogP contribution is -2.50. The van der Waals surface area contributed by atoms with Crippen molar-refractivity contribution in [2.45, 2.75) is 26.3 Å². The lowest BCUT2D eigenvalue weighted by Gasteiger charge is -2.34. The van der Waals surface area contributed by atoms with Crippen LogP contribution < -0.4 is 10.2 Å². The highest BCUT2D eigenvalue weighted by Gasteiger charge is 2.19.